The van der Waals surface area contributed by atoms with Crippen molar-refractivity contribution in [3.8, 4) is 6.07 Å². The van der Waals surface area contributed by atoms with E-state index in [1.165, 1.54) is 0 Å². The van der Waals surface area contributed by atoms with E-state index < -0.39 is 24.6 Å². The second kappa shape index (κ2) is 3.84. The van der Waals surface area contributed by atoms with Crippen LogP contribution in [0.15, 0.2) is 23.1 Å². The molecule has 0 unspecified atom stereocenters. The van der Waals surface area contributed by atoms with Crippen molar-refractivity contribution in [1.29, 1.82) is 5.26 Å². The average molecular weight is 247 g/mol. The summed E-state index contributed by atoms with van der Waals surface area (Å²) in [4.78, 5) is 9.23. The van der Waals surface area contributed by atoms with Gasteiger partial charge in [0.15, 0.2) is 0 Å². The summed E-state index contributed by atoms with van der Waals surface area (Å²) < 4.78 is 21.7. The van der Waals surface area contributed by atoms with E-state index in [9.17, 15) is 18.5 Å². The second-order valence-electron chi connectivity index (χ2n) is 2.49. The van der Waals surface area contributed by atoms with Gasteiger partial charge in [-0.3, -0.25) is 10.1 Å². The normalized spacial score (nSPS) is 10.7. The summed E-state index contributed by atoms with van der Waals surface area (Å²) >= 11 is 0. The minimum absolute atomic E-state index is 0.218. The molecule has 0 bridgehead atoms. The number of rotatable bonds is 2. The van der Waals surface area contributed by atoms with Crippen molar-refractivity contribution < 1.29 is 13.3 Å². The van der Waals surface area contributed by atoms with Gasteiger partial charge in [-0.25, -0.2) is 8.42 Å². The highest BCUT2D eigenvalue weighted by molar-refractivity contribution is 8.13. The van der Waals surface area contributed by atoms with E-state index in [1.807, 2.05) is 0 Å². The molecule has 1 rings (SSSR count). The number of nitro groups is 1. The number of benzene rings is 1. The molecule has 0 radical (unpaired) electrons. The van der Waals surface area contributed by atoms with Crippen molar-refractivity contribution in [3.05, 3.63) is 33.9 Å². The maximum Gasteiger partial charge on any atom is 0.288 e. The Morgan fingerprint density at radius 2 is 2.07 bits per heavy atom. The van der Waals surface area contributed by atoms with Gasteiger partial charge in [0.1, 0.15) is 11.6 Å². The number of nitrogens with zero attached hydrogens (tertiary/aromatic N) is 2. The molecule has 8 heteroatoms. The minimum Gasteiger partial charge on any atom is -0.258 e. The van der Waals surface area contributed by atoms with Crippen LogP contribution in [0, 0.1) is 21.4 Å². The molecular weight excluding hydrogens is 244 g/mol. The monoisotopic (exact) mass is 246 g/mol. The molecule has 0 aliphatic carbocycles. The van der Waals surface area contributed by atoms with E-state index in [1.54, 1.807) is 6.07 Å². The number of nitro benzene ring substituents is 1. The van der Waals surface area contributed by atoms with Gasteiger partial charge in [0, 0.05) is 16.7 Å². The van der Waals surface area contributed by atoms with Crippen LogP contribution in [-0.4, -0.2) is 13.3 Å². The lowest BCUT2D eigenvalue weighted by atomic mass is 10.2. The fraction of sp³-hybridized carbons (Fsp3) is 0. The zero-order chi connectivity index (χ0) is 11.6. The predicted molar refractivity (Wildman–Crippen MR) is 50.9 cm³/mol. The highest BCUT2D eigenvalue weighted by atomic mass is 35.7. The maximum absolute atomic E-state index is 10.9. The van der Waals surface area contributed by atoms with Crippen LogP contribution in [0.3, 0.4) is 0 Å². The molecule has 0 spiro atoms. The van der Waals surface area contributed by atoms with Gasteiger partial charge in [-0.15, -0.1) is 0 Å². The maximum atomic E-state index is 10.9. The fourth-order valence-corrected chi connectivity index (χ4v) is 1.68. The van der Waals surface area contributed by atoms with Gasteiger partial charge in [0.2, 0.25) is 0 Å². The van der Waals surface area contributed by atoms with Gasteiger partial charge in [-0.2, -0.15) is 5.26 Å². The first-order valence-corrected chi connectivity index (χ1v) is 5.80. The lowest BCUT2D eigenvalue weighted by Gasteiger charge is -1.97. The van der Waals surface area contributed by atoms with E-state index >= 15 is 0 Å². The predicted octanol–water partition coefficient (Wildman–Crippen LogP) is 1.39. The molecule has 0 amide bonds. The van der Waals surface area contributed by atoms with Crippen LogP contribution in [0.5, 0.6) is 0 Å². The molecule has 0 aromatic heterocycles. The van der Waals surface area contributed by atoms with E-state index in [2.05, 4.69) is 0 Å². The number of hydrogen-bond acceptors (Lipinski definition) is 5. The van der Waals surface area contributed by atoms with Crippen LogP contribution in [-0.2, 0) is 9.05 Å². The van der Waals surface area contributed by atoms with Crippen molar-refractivity contribution in [3.63, 3.8) is 0 Å². The standard InChI is InChI=1S/C7H3ClN2O4S/c8-15(13,14)6-2-1-5(4-9)7(3-6)10(11)12/h1-3H. The van der Waals surface area contributed by atoms with Crippen LogP contribution in [0.1, 0.15) is 5.56 Å². The SMILES string of the molecule is N#Cc1ccc(S(=O)(=O)Cl)cc1[N+](=O)[O-]. The summed E-state index contributed by atoms with van der Waals surface area (Å²) in [6.07, 6.45) is 0. The zero-order valence-electron chi connectivity index (χ0n) is 7.05. The molecule has 0 aliphatic heterocycles. The number of halogens is 1. The van der Waals surface area contributed by atoms with Gasteiger partial charge >= 0.3 is 0 Å². The molecule has 0 saturated heterocycles. The molecule has 0 N–H and O–H groups in total. The summed E-state index contributed by atoms with van der Waals surface area (Å²) in [5.41, 5.74) is -0.803. The molecule has 0 saturated carbocycles. The van der Waals surface area contributed by atoms with Crippen LogP contribution >= 0.6 is 10.7 Å². The highest BCUT2D eigenvalue weighted by Crippen LogP contribution is 2.24. The Morgan fingerprint density at radius 3 is 2.47 bits per heavy atom. The first-order valence-electron chi connectivity index (χ1n) is 3.49. The molecule has 0 fully saturated rings. The lowest BCUT2D eigenvalue weighted by Crippen LogP contribution is -1.96. The van der Waals surface area contributed by atoms with Gasteiger partial charge < -0.3 is 0 Å². The second-order valence-corrected chi connectivity index (χ2v) is 5.05. The highest BCUT2D eigenvalue weighted by Gasteiger charge is 2.19. The summed E-state index contributed by atoms with van der Waals surface area (Å²) in [6.45, 7) is 0. The molecule has 6 nitrogen and oxygen atoms in total. The largest absolute Gasteiger partial charge is 0.288 e. The van der Waals surface area contributed by atoms with Gasteiger partial charge in [-0.05, 0) is 12.1 Å². The summed E-state index contributed by atoms with van der Waals surface area (Å²) in [5, 5.41) is 19.0. The minimum atomic E-state index is -4.03. The Hall–Kier alpha value is -1.65. The van der Waals surface area contributed by atoms with Gasteiger partial charge in [0.05, 0.1) is 9.82 Å². The third-order valence-electron chi connectivity index (χ3n) is 1.57. The quantitative estimate of drug-likeness (QED) is 0.446. The van der Waals surface area contributed by atoms with Crippen LogP contribution in [0.4, 0.5) is 5.69 Å². The van der Waals surface area contributed by atoms with E-state index in [4.69, 9.17) is 15.9 Å². The Bertz CT molecular complexity index is 561. The lowest BCUT2D eigenvalue weighted by molar-refractivity contribution is -0.385. The van der Waals surface area contributed by atoms with Crippen molar-refractivity contribution in [2.45, 2.75) is 4.90 Å². The molecule has 1 aromatic rings. The van der Waals surface area contributed by atoms with E-state index in [0.29, 0.717) is 0 Å². The molecule has 0 atom stereocenters. The number of nitriles is 1. The van der Waals surface area contributed by atoms with Crippen LogP contribution < -0.4 is 0 Å². The Kier molecular flexibility index (Phi) is 2.93. The van der Waals surface area contributed by atoms with Gasteiger partial charge in [-0.1, -0.05) is 0 Å². The topological polar surface area (TPSA) is 101 Å². The Labute approximate surface area is 89.3 Å². The molecule has 78 valence electrons. The molecule has 1 aromatic carbocycles. The van der Waals surface area contributed by atoms with Crippen LogP contribution in [0.25, 0.3) is 0 Å². The third kappa shape index (κ3) is 2.43. The summed E-state index contributed by atoms with van der Waals surface area (Å²) in [5.74, 6) is 0. The summed E-state index contributed by atoms with van der Waals surface area (Å²) in [7, 11) is 0.972. The Balaban J connectivity index is 3.50. The molecular formula is C7H3ClN2O4S. The van der Waals surface area contributed by atoms with E-state index in [-0.39, 0.29) is 5.56 Å². The van der Waals surface area contributed by atoms with Crippen molar-refractivity contribution in [2.75, 3.05) is 0 Å². The first kappa shape index (κ1) is 11.4. The number of hydrogen-bond donors (Lipinski definition) is 0. The van der Waals surface area contributed by atoms with Gasteiger partial charge in [0.25, 0.3) is 14.7 Å². The van der Waals surface area contributed by atoms with E-state index in [0.717, 1.165) is 18.2 Å². The molecule has 15 heavy (non-hydrogen) atoms. The Morgan fingerprint density at radius 1 is 1.47 bits per heavy atom. The van der Waals surface area contributed by atoms with Crippen molar-refractivity contribution in [1.82, 2.24) is 0 Å². The third-order valence-corrected chi connectivity index (χ3v) is 2.92. The average Bonchev–Trinajstić information content (AvgIpc) is 2.15. The fourth-order valence-electron chi connectivity index (χ4n) is 0.909. The van der Waals surface area contributed by atoms with Crippen molar-refractivity contribution in [2.24, 2.45) is 0 Å². The van der Waals surface area contributed by atoms with Crippen LogP contribution in [0.2, 0.25) is 0 Å². The summed E-state index contributed by atoms with van der Waals surface area (Å²) in [6, 6.07) is 4.40. The first-order chi connectivity index (χ1) is 6.86. The van der Waals surface area contributed by atoms with Crippen molar-refractivity contribution >= 4 is 25.4 Å². The molecule has 0 aliphatic rings. The smallest absolute Gasteiger partial charge is 0.258 e. The zero-order valence-corrected chi connectivity index (χ0v) is 8.62. The molecule has 0 heterocycles.